The lowest BCUT2D eigenvalue weighted by Gasteiger charge is -2.25. The molecule has 0 bridgehead atoms. The minimum absolute atomic E-state index is 0.256. The van der Waals surface area contributed by atoms with Gasteiger partial charge in [-0.05, 0) is 46.3 Å². The van der Waals surface area contributed by atoms with Gasteiger partial charge in [-0.25, -0.2) is 8.42 Å². The minimum Gasteiger partial charge on any atom is -0.207 e. The average molecular weight is 543 g/mol. The van der Waals surface area contributed by atoms with Crippen molar-refractivity contribution in [2.75, 3.05) is 13.1 Å². The van der Waals surface area contributed by atoms with Gasteiger partial charge >= 0.3 is 0 Å². The van der Waals surface area contributed by atoms with Gasteiger partial charge in [0.25, 0.3) is 0 Å². The molecule has 0 atom stereocenters. The van der Waals surface area contributed by atoms with Crippen LogP contribution in [0.1, 0.15) is 16.7 Å². The zero-order chi connectivity index (χ0) is 22.3. The number of nitrogens with zero attached hydrogens (tertiary/aromatic N) is 1. The second kappa shape index (κ2) is 10.9. The lowest BCUT2D eigenvalue weighted by Crippen LogP contribution is -2.34. The summed E-state index contributed by atoms with van der Waals surface area (Å²) >= 11 is 2.18. The van der Waals surface area contributed by atoms with Crippen LogP contribution in [0, 0.1) is 6.92 Å². The first-order chi connectivity index (χ1) is 14.9. The minimum atomic E-state index is -3.69. The van der Waals surface area contributed by atoms with Crippen LogP contribution in [-0.4, -0.2) is 25.8 Å². The summed E-state index contributed by atoms with van der Waals surface area (Å²) in [5.41, 5.74) is 4.95. The van der Waals surface area contributed by atoms with Crippen LogP contribution in [0.2, 0.25) is 0 Å². The number of hydrogen-bond acceptors (Lipinski definition) is 2. The van der Waals surface area contributed by atoms with Crippen LogP contribution in [0.5, 0.6) is 0 Å². The number of aryl methyl sites for hydroxylation is 1. The molecule has 0 aliphatic rings. The third-order valence-corrected chi connectivity index (χ3v) is 7.54. The fraction of sp³-hybridized carbons (Fsp3) is 0.154. The molecule has 0 fully saturated rings. The van der Waals surface area contributed by atoms with Crippen molar-refractivity contribution in [3.8, 4) is 0 Å². The molecule has 0 heterocycles. The summed E-state index contributed by atoms with van der Waals surface area (Å²) in [5, 5.41) is 0. The molecule has 0 unspecified atom stereocenters. The summed E-state index contributed by atoms with van der Waals surface area (Å²) in [6.07, 6.45) is 0.634. The summed E-state index contributed by atoms with van der Waals surface area (Å²) in [5.74, 6) is 0. The Bertz CT molecular complexity index is 1140. The van der Waals surface area contributed by atoms with E-state index in [2.05, 4.69) is 29.2 Å². The third kappa shape index (κ3) is 6.38. The maximum atomic E-state index is 13.6. The predicted octanol–water partition coefficient (Wildman–Crippen LogP) is 6.26. The van der Waals surface area contributed by atoms with E-state index in [0.29, 0.717) is 11.3 Å². The van der Waals surface area contributed by atoms with Crippen LogP contribution in [0.15, 0.2) is 106 Å². The van der Waals surface area contributed by atoms with Crippen molar-refractivity contribution in [2.24, 2.45) is 0 Å². The monoisotopic (exact) mass is 543 g/mol. The van der Waals surface area contributed by atoms with Crippen molar-refractivity contribution in [3.63, 3.8) is 0 Å². The Morgan fingerprint density at radius 1 is 0.903 bits per heavy atom. The standard InChI is InChI=1S/C26H26INO2S/c1-21-13-15-26(16-14-21)31(29,30)28(19-22(2)17-23-9-5-3-6-10-23)20-25(18-27)24-11-7-4-8-12-24/h3-16,18H,2,17,19-20H2,1H3/b25-18+. The van der Waals surface area contributed by atoms with Gasteiger partial charge in [0.05, 0.1) is 4.90 Å². The number of sulfonamides is 1. The quantitative estimate of drug-likeness (QED) is 0.236. The molecule has 0 spiro atoms. The van der Waals surface area contributed by atoms with Crippen LogP contribution in [-0.2, 0) is 16.4 Å². The van der Waals surface area contributed by atoms with Crippen LogP contribution < -0.4 is 0 Å². The maximum Gasteiger partial charge on any atom is 0.243 e. The second-order valence-corrected chi connectivity index (χ2v) is 10.1. The summed E-state index contributed by atoms with van der Waals surface area (Å²) in [4.78, 5) is 0.298. The van der Waals surface area contributed by atoms with E-state index in [0.717, 1.165) is 27.8 Å². The van der Waals surface area contributed by atoms with Crippen molar-refractivity contribution < 1.29 is 8.42 Å². The smallest absolute Gasteiger partial charge is 0.207 e. The Kier molecular flexibility index (Phi) is 8.23. The van der Waals surface area contributed by atoms with Gasteiger partial charge in [0, 0.05) is 13.1 Å². The molecule has 5 heteroatoms. The van der Waals surface area contributed by atoms with Gasteiger partial charge in [-0.3, -0.25) is 0 Å². The van der Waals surface area contributed by atoms with Crippen molar-refractivity contribution in [1.82, 2.24) is 4.31 Å². The lowest BCUT2D eigenvalue weighted by atomic mass is 10.1. The van der Waals surface area contributed by atoms with Crippen LogP contribution in [0.4, 0.5) is 0 Å². The largest absolute Gasteiger partial charge is 0.243 e. The number of benzene rings is 3. The third-order valence-electron chi connectivity index (χ3n) is 4.98. The van der Waals surface area contributed by atoms with E-state index >= 15 is 0 Å². The van der Waals surface area contributed by atoms with E-state index in [1.54, 1.807) is 12.1 Å². The Morgan fingerprint density at radius 3 is 2.06 bits per heavy atom. The molecule has 31 heavy (non-hydrogen) atoms. The van der Waals surface area contributed by atoms with Gasteiger partial charge in [-0.1, -0.05) is 113 Å². The van der Waals surface area contributed by atoms with Crippen LogP contribution in [0.25, 0.3) is 5.57 Å². The van der Waals surface area contributed by atoms with Gasteiger partial charge in [0.1, 0.15) is 0 Å². The van der Waals surface area contributed by atoms with Crippen molar-refractivity contribution in [3.05, 3.63) is 118 Å². The second-order valence-electron chi connectivity index (χ2n) is 7.50. The topological polar surface area (TPSA) is 37.4 Å². The Hall–Kier alpha value is -2.22. The van der Waals surface area contributed by atoms with Crippen molar-refractivity contribution in [1.29, 1.82) is 0 Å². The summed E-state index contributed by atoms with van der Waals surface area (Å²) < 4.78 is 30.6. The summed E-state index contributed by atoms with van der Waals surface area (Å²) in [7, 11) is -3.69. The Morgan fingerprint density at radius 2 is 1.48 bits per heavy atom. The molecule has 160 valence electrons. The number of halogens is 1. The molecule has 3 aromatic rings. The first kappa shape index (κ1) is 23.4. The van der Waals surface area contributed by atoms with Gasteiger partial charge in [0.2, 0.25) is 10.0 Å². The maximum absolute atomic E-state index is 13.6. The van der Waals surface area contributed by atoms with Gasteiger partial charge in [-0.15, -0.1) is 0 Å². The van der Waals surface area contributed by atoms with Gasteiger partial charge in [-0.2, -0.15) is 4.31 Å². The van der Waals surface area contributed by atoms with E-state index in [-0.39, 0.29) is 13.1 Å². The zero-order valence-corrected chi connectivity index (χ0v) is 20.5. The van der Waals surface area contributed by atoms with E-state index in [1.807, 2.05) is 83.8 Å². The lowest BCUT2D eigenvalue weighted by molar-refractivity contribution is 0.469. The molecule has 0 aromatic heterocycles. The molecule has 0 saturated heterocycles. The van der Waals surface area contributed by atoms with Crippen molar-refractivity contribution >= 4 is 38.2 Å². The molecule has 0 aliphatic heterocycles. The highest BCUT2D eigenvalue weighted by Crippen LogP contribution is 2.24. The molecule has 0 aliphatic carbocycles. The first-order valence-corrected chi connectivity index (χ1v) is 12.7. The summed E-state index contributed by atoms with van der Waals surface area (Å²) in [6.45, 7) is 6.67. The Balaban J connectivity index is 1.91. The van der Waals surface area contributed by atoms with E-state index < -0.39 is 10.0 Å². The number of rotatable bonds is 9. The normalized spacial score (nSPS) is 12.2. The average Bonchev–Trinajstić information content (AvgIpc) is 2.78. The van der Waals surface area contributed by atoms with E-state index in [9.17, 15) is 8.42 Å². The molecular weight excluding hydrogens is 517 g/mol. The Labute approximate surface area is 199 Å². The summed E-state index contributed by atoms with van der Waals surface area (Å²) in [6, 6.07) is 26.9. The molecular formula is C26H26INO2S. The fourth-order valence-corrected chi connectivity index (χ4v) is 5.30. The molecule has 0 N–H and O–H groups in total. The molecule has 3 rings (SSSR count). The van der Waals surface area contributed by atoms with Gasteiger partial charge in [0.15, 0.2) is 0 Å². The highest BCUT2D eigenvalue weighted by atomic mass is 127. The molecule has 0 amide bonds. The number of hydrogen-bond donors (Lipinski definition) is 0. The fourth-order valence-electron chi connectivity index (χ4n) is 3.31. The first-order valence-electron chi connectivity index (χ1n) is 10.0. The molecule has 0 radical (unpaired) electrons. The molecule has 3 nitrogen and oxygen atoms in total. The zero-order valence-electron chi connectivity index (χ0n) is 17.5. The van der Waals surface area contributed by atoms with Crippen LogP contribution in [0.3, 0.4) is 0 Å². The van der Waals surface area contributed by atoms with E-state index in [4.69, 9.17) is 0 Å². The van der Waals surface area contributed by atoms with E-state index in [1.165, 1.54) is 4.31 Å². The SMILES string of the molecule is C=C(Cc1ccccc1)CN(C/C(=C\I)c1ccccc1)S(=O)(=O)c1ccc(C)cc1. The highest BCUT2D eigenvalue weighted by molar-refractivity contribution is 14.1. The highest BCUT2D eigenvalue weighted by Gasteiger charge is 2.26. The van der Waals surface area contributed by atoms with Crippen molar-refractivity contribution in [2.45, 2.75) is 18.2 Å². The predicted molar refractivity (Wildman–Crippen MR) is 138 cm³/mol. The van der Waals surface area contributed by atoms with Gasteiger partial charge < -0.3 is 0 Å². The molecule has 0 saturated carbocycles. The molecule has 3 aromatic carbocycles. The van der Waals surface area contributed by atoms with Crippen LogP contribution >= 0.6 is 22.6 Å².